The predicted octanol–water partition coefficient (Wildman–Crippen LogP) is 1.75. The monoisotopic (exact) mass is 300 g/mol. The number of methoxy groups -OCH3 is 1. The van der Waals surface area contributed by atoms with Gasteiger partial charge in [-0.25, -0.2) is 13.1 Å². The van der Waals surface area contributed by atoms with Crippen LogP contribution in [0.3, 0.4) is 0 Å². The molecule has 6 heteroatoms. The van der Waals surface area contributed by atoms with Crippen molar-refractivity contribution in [2.45, 2.75) is 26.0 Å². The zero-order valence-corrected chi connectivity index (χ0v) is 13.2. The van der Waals surface area contributed by atoms with Gasteiger partial charge in [0, 0.05) is 25.9 Å². The minimum atomic E-state index is -3.34. The fraction of sp³-hybridized carbons (Fsp3) is 0.571. The van der Waals surface area contributed by atoms with Crippen molar-refractivity contribution in [1.82, 2.24) is 4.72 Å². The van der Waals surface area contributed by atoms with E-state index in [0.29, 0.717) is 18.8 Å². The highest BCUT2D eigenvalue weighted by Gasteiger charge is 2.21. The fourth-order valence-corrected chi connectivity index (χ4v) is 3.00. The second-order valence-electron chi connectivity index (χ2n) is 5.73. The second kappa shape index (κ2) is 7.06. The smallest absolute Gasteiger partial charge is 0.215 e. The number of ether oxygens (including phenoxy) is 1. The Hall–Kier alpha value is -1.11. The Bertz CT molecular complexity index is 510. The van der Waals surface area contributed by atoms with E-state index in [1.807, 2.05) is 13.8 Å². The lowest BCUT2D eigenvalue weighted by molar-refractivity contribution is 0.153. The Labute approximate surface area is 121 Å². The molecule has 0 radical (unpaired) electrons. The average Bonchev–Trinajstić information content (AvgIpc) is 2.37. The zero-order chi connectivity index (χ0) is 15.2. The molecule has 5 nitrogen and oxygen atoms in total. The van der Waals surface area contributed by atoms with Gasteiger partial charge in [-0.15, -0.1) is 0 Å². The Balaban J connectivity index is 2.55. The van der Waals surface area contributed by atoms with Crippen LogP contribution >= 0.6 is 0 Å². The van der Waals surface area contributed by atoms with Crippen LogP contribution in [-0.4, -0.2) is 28.7 Å². The maximum Gasteiger partial charge on any atom is 0.215 e. The Kier molecular flexibility index (Phi) is 5.98. The first kappa shape index (κ1) is 16.9. The summed E-state index contributed by atoms with van der Waals surface area (Å²) in [5, 5.41) is 0. The number of benzene rings is 1. The standard InChI is InChI=1S/C14H24N2O3S/c1-14(2,8-9-19-3)11-16-20(17,18)10-12-4-6-13(15)7-5-12/h4-7,16H,8-11,15H2,1-3H3. The third kappa shape index (κ3) is 6.36. The molecule has 1 rings (SSSR count). The van der Waals surface area contributed by atoms with Crippen LogP contribution in [0.5, 0.6) is 0 Å². The molecule has 0 heterocycles. The maximum absolute atomic E-state index is 12.0. The van der Waals surface area contributed by atoms with Crippen LogP contribution in [0.1, 0.15) is 25.8 Å². The summed E-state index contributed by atoms with van der Waals surface area (Å²) < 4.78 is 31.7. The van der Waals surface area contributed by atoms with Crippen LogP contribution < -0.4 is 10.5 Å². The van der Waals surface area contributed by atoms with E-state index in [-0.39, 0.29) is 11.2 Å². The summed E-state index contributed by atoms with van der Waals surface area (Å²) in [7, 11) is -1.70. The number of nitrogens with two attached hydrogens (primary N) is 1. The van der Waals surface area contributed by atoms with Crippen molar-refractivity contribution in [1.29, 1.82) is 0 Å². The first-order valence-electron chi connectivity index (χ1n) is 6.55. The van der Waals surface area contributed by atoms with E-state index in [0.717, 1.165) is 12.0 Å². The van der Waals surface area contributed by atoms with E-state index in [4.69, 9.17) is 10.5 Å². The van der Waals surface area contributed by atoms with E-state index in [1.165, 1.54) is 0 Å². The number of nitrogens with one attached hydrogen (secondary N) is 1. The first-order chi connectivity index (χ1) is 9.24. The van der Waals surface area contributed by atoms with Gasteiger partial charge in [-0.1, -0.05) is 26.0 Å². The molecular formula is C14H24N2O3S. The third-order valence-electron chi connectivity index (χ3n) is 3.09. The van der Waals surface area contributed by atoms with E-state index < -0.39 is 10.0 Å². The quantitative estimate of drug-likeness (QED) is 0.717. The summed E-state index contributed by atoms with van der Waals surface area (Å²) in [4.78, 5) is 0. The van der Waals surface area contributed by atoms with Crippen LogP contribution in [-0.2, 0) is 20.5 Å². The predicted molar refractivity (Wildman–Crippen MR) is 81.8 cm³/mol. The fourth-order valence-electron chi connectivity index (χ4n) is 1.66. The molecule has 0 saturated heterocycles. The summed E-state index contributed by atoms with van der Waals surface area (Å²) in [6, 6.07) is 6.86. The molecule has 0 saturated carbocycles. The molecule has 0 aliphatic heterocycles. The Morgan fingerprint density at radius 2 is 1.85 bits per heavy atom. The van der Waals surface area contributed by atoms with Gasteiger partial charge in [0.2, 0.25) is 10.0 Å². The van der Waals surface area contributed by atoms with Crippen LogP contribution in [0.4, 0.5) is 5.69 Å². The molecule has 0 aromatic heterocycles. The van der Waals surface area contributed by atoms with Gasteiger partial charge in [0.15, 0.2) is 0 Å². The number of hydrogen-bond donors (Lipinski definition) is 2. The minimum Gasteiger partial charge on any atom is -0.399 e. The van der Waals surface area contributed by atoms with Crippen LogP contribution in [0, 0.1) is 5.41 Å². The molecule has 0 fully saturated rings. The van der Waals surface area contributed by atoms with Crippen molar-refractivity contribution in [2.24, 2.45) is 5.41 Å². The molecule has 3 N–H and O–H groups in total. The lowest BCUT2D eigenvalue weighted by atomic mass is 9.90. The van der Waals surface area contributed by atoms with Crippen LogP contribution in [0.25, 0.3) is 0 Å². The second-order valence-corrected chi connectivity index (χ2v) is 7.54. The van der Waals surface area contributed by atoms with Gasteiger partial charge in [-0.2, -0.15) is 0 Å². The summed E-state index contributed by atoms with van der Waals surface area (Å²) >= 11 is 0. The zero-order valence-electron chi connectivity index (χ0n) is 12.3. The molecule has 20 heavy (non-hydrogen) atoms. The number of sulfonamides is 1. The molecule has 0 bridgehead atoms. The first-order valence-corrected chi connectivity index (χ1v) is 8.20. The SMILES string of the molecule is COCCC(C)(C)CNS(=O)(=O)Cc1ccc(N)cc1. The molecule has 0 atom stereocenters. The Morgan fingerprint density at radius 1 is 1.25 bits per heavy atom. The minimum absolute atomic E-state index is 0.0341. The largest absolute Gasteiger partial charge is 0.399 e. The highest BCUT2D eigenvalue weighted by atomic mass is 32.2. The van der Waals surface area contributed by atoms with Gasteiger partial charge < -0.3 is 10.5 Å². The van der Waals surface area contributed by atoms with E-state index in [1.54, 1.807) is 31.4 Å². The van der Waals surface area contributed by atoms with Gasteiger partial charge in [0.05, 0.1) is 5.75 Å². The van der Waals surface area contributed by atoms with Crippen molar-refractivity contribution in [3.8, 4) is 0 Å². The van der Waals surface area contributed by atoms with Crippen molar-refractivity contribution in [2.75, 3.05) is 26.0 Å². The lowest BCUT2D eigenvalue weighted by Crippen LogP contribution is -2.35. The summed E-state index contributed by atoms with van der Waals surface area (Å²) in [6.07, 6.45) is 0.799. The summed E-state index contributed by atoms with van der Waals surface area (Å²) in [5.74, 6) is -0.0341. The molecule has 0 unspecified atom stereocenters. The van der Waals surface area contributed by atoms with Crippen LogP contribution in [0.2, 0.25) is 0 Å². The highest BCUT2D eigenvalue weighted by Crippen LogP contribution is 2.19. The molecule has 0 aliphatic rings. The molecule has 1 aromatic rings. The molecule has 0 amide bonds. The molecule has 1 aromatic carbocycles. The third-order valence-corrected chi connectivity index (χ3v) is 4.39. The normalized spacial score (nSPS) is 12.6. The van der Waals surface area contributed by atoms with E-state index >= 15 is 0 Å². The number of rotatable bonds is 8. The van der Waals surface area contributed by atoms with Crippen LogP contribution in [0.15, 0.2) is 24.3 Å². The highest BCUT2D eigenvalue weighted by molar-refractivity contribution is 7.88. The molecule has 0 spiro atoms. The van der Waals surface area contributed by atoms with Crippen molar-refractivity contribution in [3.63, 3.8) is 0 Å². The maximum atomic E-state index is 12.0. The number of hydrogen-bond acceptors (Lipinski definition) is 4. The molecule has 114 valence electrons. The van der Waals surface area contributed by atoms with Crippen molar-refractivity contribution in [3.05, 3.63) is 29.8 Å². The number of nitrogen functional groups attached to an aromatic ring is 1. The summed E-state index contributed by atoms with van der Waals surface area (Å²) in [5.41, 5.74) is 6.79. The van der Waals surface area contributed by atoms with Gasteiger partial charge in [0.25, 0.3) is 0 Å². The number of anilines is 1. The average molecular weight is 300 g/mol. The lowest BCUT2D eigenvalue weighted by Gasteiger charge is -2.24. The van der Waals surface area contributed by atoms with Gasteiger partial charge in [0.1, 0.15) is 0 Å². The van der Waals surface area contributed by atoms with Gasteiger partial charge in [-0.3, -0.25) is 0 Å². The molecular weight excluding hydrogens is 276 g/mol. The summed E-state index contributed by atoms with van der Waals surface area (Å²) in [6.45, 7) is 5.04. The topological polar surface area (TPSA) is 81.4 Å². The van der Waals surface area contributed by atoms with Gasteiger partial charge in [-0.05, 0) is 29.5 Å². The van der Waals surface area contributed by atoms with Crippen molar-refractivity contribution < 1.29 is 13.2 Å². The van der Waals surface area contributed by atoms with Crippen molar-refractivity contribution >= 4 is 15.7 Å². The van der Waals surface area contributed by atoms with E-state index in [9.17, 15) is 8.42 Å². The Morgan fingerprint density at radius 3 is 2.40 bits per heavy atom. The molecule has 0 aliphatic carbocycles. The van der Waals surface area contributed by atoms with E-state index in [2.05, 4.69) is 4.72 Å². The van der Waals surface area contributed by atoms with Gasteiger partial charge >= 0.3 is 0 Å².